The van der Waals surface area contributed by atoms with Gasteiger partial charge in [-0.15, -0.1) is 0 Å². The molecular formula is C23H36GeN+. The summed E-state index contributed by atoms with van der Waals surface area (Å²) in [6.07, 6.45) is 2.38. The SMILES string of the molecule is Cc1ccc(C(C)(C)C)cc1-c1c[c]([Ge]([CH3])([CH3])[CH3])c(C(C)C)c[n+]1C. The topological polar surface area (TPSA) is 3.88 Å². The third-order valence-electron chi connectivity index (χ3n) is 5.11. The van der Waals surface area contributed by atoms with Crippen LogP contribution in [-0.4, -0.2) is 13.3 Å². The molecule has 2 heteroatoms. The van der Waals surface area contributed by atoms with Crippen molar-refractivity contribution >= 4 is 17.7 Å². The van der Waals surface area contributed by atoms with Gasteiger partial charge in [0, 0.05) is 0 Å². The molecule has 0 N–H and O–H groups in total. The second kappa shape index (κ2) is 6.91. The molecule has 0 spiro atoms. The number of pyridine rings is 1. The van der Waals surface area contributed by atoms with Crippen LogP contribution in [0.1, 0.15) is 57.2 Å². The van der Waals surface area contributed by atoms with E-state index in [2.05, 4.69) is 101 Å². The molecule has 1 heterocycles. The van der Waals surface area contributed by atoms with Crippen LogP contribution >= 0.6 is 0 Å². The maximum atomic E-state index is 2.50. The van der Waals surface area contributed by atoms with Gasteiger partial charge in [0.05, 0.1) is 0 Å². The zero-order valence-corrected chi connectivity index (χ0v) is 20.0. The van der Waals surface area contributed by atoms with E-state index in [1.54, 1.807) is 4.40 Å². The molecule has 0 amide bonds. The van der Waals surface area contributed by atoms with Gasteiger partial charge in [-0.1, -0.05) is 0 Å². The molecule has 0 bridgehead atoms. The molecule has 2 aromatic rings. The molecule has 0 aliphatic carbocycles. The first-order valence-corrected chi connectivity index (χ1v) is 16.8. The molecule has 2 rings (SSSR count). The van der Waals surface area contributed by atoms with Gasteiger partial charge < -0.3 is 0 Å². The Labute approximate surface area is 157 Å². The summed E-state index contributed by atoms with van der Waals surface area (Å²) in [5, 5.41) is 0. The number of benzene rings is 1. The van der Waals surface area contributed by atoms with Crippen LogP contribution in [0.25, 0.3) is 11.3 Å². The molecule has 0 atom stereocenters. The fourth-order valence-corrected chi connectivity index (χ4v) is 7.16. The number of hydrogen-bond donors (Lipinski definition) is 0. The monoisotopic (exact) mass is 400 g/mol. The normalized spacial score (nSPS) is 12.8. The van der Waals surface area contributed by atoms with Crippen molar-refractivity contribution in [3.63, 3.8) is 0 Å². The van der Waals surface area contributed by atoms with Crippen LogP contribution in [0.3, 0.4) is 0 Å². The summed E-state index contributed by atoms with van der Waals surface area (Å²) in [7, 11) is 2.20. The zero-order valence-electron chi connectivity index (χ0n) is 17.9. The van der Waals surface area contributed by atoms with E-state index in [1.165, 1.54) is 27.9 Å². The van der Waals surface area contributed by atoms with Gasteiger partial charge >= 0.3 is 158 Å². The van der Waals surface area contributed by atoms with E-state index >= 15 is 0 Å². The first-order chi connectivity index (χ1) is 11.3. The van der Waals surface area contributed by atoms with E-state index in [4.69, 9.17) is 0 Å². The molecule has 0 saturated heterocycles. The molecule has 1 aromatic carbocycles. The molecule has 1 aromatic heterocycles. The van der Waals surface area contributed by atoms with Crippen molar-refractivity contribution in [3.05, 3.63) is 47.2 Å². The van der Waals surface area contributed by atoms with Crippen molar-refractivity contribution in [2.45, 2.75) is 70.1 Å². The molecule has 0 fully saturated rings. The van der Waals surface area contributed by atoms with E-state index < -0.39 is 13.3 Å². The van der Waals surface area contributed by atoms with Gasteiger partial charge in [-0.25, -0.2) is 0 Å². The zero-order chi connectivity index (χ0) is 19.2. The van der Waals surface area contributed by atoms with Crippen LogP contribution in [0, 0.1) is 6.92 Å². The fraction of sp³-hybridized carbons (Fsp3) is 0.522. The van der Waals surface area contributed by atoms with E-state index in [0.29, 0.717) is 5.92 Å². The summed E-state index contributed by atoms with van der Waals surface area (Å²) in [4.78, 5) is 0. The molecular weight excluding hydrogens is 363 g/mol. The van der Waals surface area contributed by atoms with E-state index in [0.717, 1.165) is 0 Å². The maximum absolute atomic E-state index is 2.50. The number of nitrogens with zero attached hydrogens (tertiary/aromatic N) is 1. The summed E-state index contributed by atoms with van der Waals surface area (Å²) in [6, 6.07) is 9.47. The van der Waals surface area contributed by atoms with Crippen LogP contribution < -0.4 is 8.96 Å². The van der Waals surface area contributed by atoms with E-state index in [1.807, 2.05) is 0 Å². The number of rotatable bonds is 3. The van der Waals surface area contributed by atoms with Crippen molar-refractivity contribution < 1.29 is 4.57 Å². The molecule has 0 unspecified atom stereocenters. The van der Waals surface area contributed by atoms with Gasteiger partial charge in [-0.2, -0.15) is 0 Å². The Morgan fingerprint density at radius 1 is 1.00 bits per heavy atom. The molecule has 136 valence electrons. The average molecular weight is 399 g/mol. The van der Waals surface area contributed by atoms with Gasteiger partial charge in [0.15, 0.2) is 0 Å². The fourth-order valence-electron chi connectivity index (χ4n) is 3.41. The molecule has 1 nitrogen and oxygen atoms in total. The van der Waals surface area contributed by atoms with Gasteiger partial charge in [0.1, 0.15) is 0 Å². The number of aromatic nitrogens is 1. The summed E-state index contributed by atoms with van der Waals surface area (Å²) >= 11 is -1.95. The first kappa shape index (κ1) is 20.2. The summed E-state index contributed by atoms with van der Waals surface area (Å²) in [6.45, 7) is 13.7. The van der Waals surface area contributed by atoms with Crippen LogP contribution in [0.15, 0.2) is 30.5 Å². The third-order valence-corrected chi connectivity index (χ3v) is 9.41. The van der Waals surface area contributed by atoms with Crippen molar-refractivity contribution in [3.8, 4) is 11.3 Å². The van der Waals surface area contributed by atoms with Crippen molar-refractivity contribution in [1.29, 1.82) is 0 Å². The Morgan fingerprint density at radius 3 is 2.08 bits per heavy atom. The van der Waals surface area contributed by atoms with Crippen LogP contribution in [0.2, 0.25) is 17.3 Å². The Balaban J connectivity index is 2.76. The Hall–Kier alpha value is -1.09. The summed E-state index contributed by atoms with van der Waals surface area (Å²) < 4.78 is 3.98. The van der Waals surface area contributed by atoms with Crippen molar-refractivity contribution in [1.82, 2.24) is 0 Å². The Morgan fingerprint density at radius 2 is 1.60 bits per heavy atom. The van der Waals surface area contributed by atoms with Crippen LogP contribution in [-0.2, 0) is 12.5 Å². The molecule has 0 aliphatic heterocycles. The average Bonchev–Trinajstić information content (AvgIpc) is 2.45. The van der Waals surface area contributed by atoms with Gasteiger partial charge in [0.2, 0.25) is 0 Å². The molecule has 0 aliphatic rings. The van der Waals surface area contributed by atoms with Gasteiger partial charge in [-0.3, -0.25) is 0 Å². The Bertz CT molecular complexity index is 774. The minimum absolute atomic E-state index is 0.170. The van der Waals surface area contributed by atoms with E-state index in [9.17, 15) is 0 Å². The molecule has 0 radical (unpaired) electrons. The van der Waals surface area contributed by atoms with E-state index in [-0.39, 0.29) is 5.41 Å². The number of aryl methyl sites for hydroxylation is 2. The first-order valence-electron chi connectivity index (χ1n) is 9.48. The predicted molar refractivity (Wildman–Crippen MR) is 114 cm³/mol. The quantitative estimate of drug-likeness (QED) is 0.477. The predicted octanol–water partition coefficient (Wildman–Crippen LogP) is 5.45. The number of hydrogen-bond acceptors (Lipinski definition) is 0. The minimum atomic E-state index is -1.95. The van der Waals surface area contributed by atoms with Crippen molar-refractivity contribution in [2.75, 3.05) is 0 Å². The third kappa shape index (κ3) is 4.37. The van der Waals surface area contributed by atoms with Crippen LogP contribution in [0.5, 0.6) is 0 Å². The second-order valence-electron chi connectivity index (χ2n) is 9.82. The van der Waals surface area contributed by atoms with Gasteiger partial charge in [-0.05, 0) is 0 Å². The Kier molecular flexibility index (Phi) is 5.59. The molecule has 0 saturated carbocycles. The van der Waals surface area contributed by atoms with Gasteiger partial charge in [0.25, 0.3) is 0 Å². The van der Waals surface area contributed by atoms with Crippen LogP contribution in [0.4, 0.5) is 0 Å². The molecule has 25 heavy (non-hydrogen) atoms. The second-order valence-corrected chi connectivity index (χ2v) is 20.4. The van der Waals surface area contributed by atoms with Crippen molar-refractivity contribution in [2.24, 2.45) is 7.05 Å². The summed E-state index contributed by atoms with van der Waals surface area (Å²) in [5.74, 6) is 8.08. The summed E-state index contributed by atoms with van der Waals surface area (Å²) in [5.41, 5.74) is 7.18. The standard InChI is InChI=1S/C23H36GeN/c1-16(2)20-15-25(10)22(14-21(20)24(7,8)9)19-13-18(23(4,5)6)12-11-17(19)3/h11-16H,1-10H3/q+1.